The fourth-order valence-electron chi connectivity index (χ4n) is 9.89. The zero-order valence-electron chi connectivity index (χ0n) is 56.8. The molecule has 0 fully saturated rings. The quantitative estimate of drug-likeness (QED) is 0.0592. The molecule has 0 aliphatic rings. The Morgan fingerprint density at radius 2 is 1.16 bits per heavy atom. The molecule has 12 aromatic rings. The van der Waals surface area contributed by atoms with Gasteiger partial charge in [0.1, 0.15) is 5.82 Å². The first-order valence-corrected chi connectivity index (χ1v) is 26.2. The van der Waals surface area contributed by atoms with Gasteiger partial charge in [-0.3, -0.25) is 4.57 Å². The maximum Gasteiger partial charge on any atom is 0.268 e. The van der Waals surface area contributed by atoms with E-state index in [4.69, 9.17) is 13.8 Å². The first-order chi connectivity index (χ1) is 42.2. The van der Waals surface area contributed by atoms with Gasteiger partial charge >= 0.3 is 0 Å². The molecule has 7 heteroatoms. The molecule has 0 amide bonds. The molecule has 0 atom stereocenters. The molecule has 3 heterocycles. The van der Waals surface area contributed by atoms with E-state index < -0.39 is 120 Å². The van der Waals surface area contributed by atoms with Gasteiger partial charge < -0.3 is 13.9 Å². The summed E-state index contributed by atoms with van der Waals surface area (Å²) in [5.74, 6) is 1.39. The van der Waals surface area contributed by atoms with Crippen LogP contribution in [0.25, 0.3) is 61.2 Å². The predicted molar refractivity (Wildman–Crippen MR) is 306 cm³/mol. The molecule has 9 aromatic carbocycles. The number of nitrogens with zero attached hydrogens (tertiary/aromatic N) is 4. The minimum Gasteiger partial charge on any atom is -0.510 e. The second-order valence-electron chi connectivity index (χ2n) is 20.1. The largest absolute Gasteiger partial charge is 0.510 e. The Bertz CT molecular complexity index is 4700. The number of fused-ring (bicyclic) bond motifs is 4. The van der Waals surface area contributed by atoms with Crippen molar-refractivity contribution < 1.29 is 50.9 Å². The van der Waals surface area contributed by atoms with Gasteiger partial charge in [0.25, 0.3) is 6.33 Å². The van der Waals surface area contributed by atoms with E-state index in [1.54, 1.807) is 51.6 Å². The minimum atomic E-state index is -5.73. The van der Waals surface area contributed by atoms with Crippen LogP contribution < -0.4 is 30.1 Å². The molecule has 0 radical (unpaired) electrons. The number of hydrogen-bond donors (Lipinski definition) is 0. The summed E-state index contributed by atoms with van der Waals surface area (Å²) in [6.07, 6.45) is 5.37. The van der Waals surface area contributed by atoms with Crippen molar-refractivity contribution in [2.45, 2.75) is 52.4 Å². The molecular formula is C68H56N4OPtSi-2. The number of pyridine rings is 1. The summed E-state index contributed by atoms with van der Waals surface area (Å²) in [6.45, 7) is 12.6. The second kappa shape index (κ2) is 19.8. The van der Waals surface area contributed by atoms with Crippen LogP contribution in [0.4, 0.5) is 0 Å². The van der Waals surface area contributed by atoms with E-state index >= 15 is 0 Å². The Labute approximate surface area is 476 Å². The van der Waals surface area contributed by atoms with Crippen LogP contribution in [0.2, 0.25) is 0 Å². The van der Waals surface area contributed by atoms with Crippen molar-refractivity contribution in [3.63, 3.8) is 0 Å². The zero-order valence-corrected chi connectivity index (χ0v) is 45.1. The fourth-order valence-corrected chi connectivity index (χ4v) is 13.9. The number of rotatable bonds is 10. The average molecular weight is 1180 g/mol. The molecule has 0 bridgehead atoms. The van der Waals surface area contributed by atoms with Crippen molar-refractivity contribution in [2.75, 3.05) is 0 Å². The molecule has 75 heavy (non-hydrogen) atoms. The molecule has 5 nitrogen and oxygen atoms in total. The summed E-state index contributed by atoms with van der Waals surface area (Å²) in [5.41, 5.74) is 5.57. The molecule has 370 valence electrons. The normalized spacial score (nSPS) is 14.8. The first-order valence-electron chi connectivity index (χ1n) is 31.7. The standard InChI is InChI=1S/C68H56N4OSi.Pt/c1-67(2,3)49-24-20-23-48(43-49)57-34-22-38-64(74(54-27-10-7-11-28-54,55-29-12-8-13-30-55)56-31-14-9-15-32-56)66(57)71-47-70(61-36-18-19-37-62(61)71)51-25-21-26-52(45-51)73-53-39-40-59-58-33-16-17-35-60(58)72(63(59)46-53)65-44-50(41-42-69-65)68(4,5)6;/h7-44H,1-6H3;/q-2;/i7D,8D,9D,10D,11D,12D,13D,14D,15D,27D,28D,29D,30D,31D,32D;. The number of para-hydroxylation sites is 4. The van der Waals surface area contributed by atoms with Crippen LogP contribution in [0, 0.1) is 18.5 Å². The van der Waals surface area contributed by atoms with Gasteiger partial charge in [0, 0.05) is 44.3 Å². The van der Waals surface area contributed by atoms with Gasteiger partial charge in [-0.05, 0) is 83.1 Å². The van der Waals surface area contributed by atoms with Gasteiger partial charge in [0.05, 0.1) is 37.3 Å². The summed E-state index contributed by atoms with van der Waals surface area (Å²) in [5, 5.41) is 0.0281. The Hall–Kier alpha value is -7.89. The van der Waals surface area contributed by atoms with E-state index in [1.807, 2.05) is 99.8 Å². The molecule has 12 rings (SSSR count). The van der Waals surface area contributed by atoms with Gasteiger partial charge in [0.2, 0.25) is 0 Å². The fraction of sp³-hybridized carbons (Fsp3) is 0.118. The molecule has 0 saturated heterocycles. The summed E-state index contributed by atoms with van der Waals surface area (Å²) < 4.78 is 154. The van der Waals surface area contributed by atoms with Crippen molar-refractivity contribution in [3.05, 3.63) is 260 Å². The van der Waals surface area contributed by atoms with Crippen LogP contribution in [0.1, 0.15) is 73.2 Å². The third-order valence-corrected chi connectivity index (χ3v) is 17.7. The van der Waals surface area contributed by atoms with E-state index in [-0.39, 0.29) is 37.4 Å². The Kier molecular flexibility index (Phi) is 9.10. The molecule has 3 aromatic heterocycles. The molecule has 0 aliphatic heterocycles. The van der Waals surface area contributed by atoms with Crippen molar-refractivity contribution in [3.8, 4) is 39.8 Å². The Morgan fingerprint density at radius 3 is 1.84 bits per heavy atom. The van der Waals surface area contributed by atoms with E-state index in [0.717, 1.165) is 38.8 Å². The van der Waals surface area contributed by atoms with Crippen molar-refractivity contribution in [2.24, 2.45) is 0 Å². The predicted octanol–water partition coefficient (Wildman–Crippen LogP) is 13.2. The molecule has 0 N–H and O–H groups in total. The van der Waals surface area contributed by atoms with Crippen molar-refractivity contribution >= 4 is 61.7 Å². The smallest absolute Gasteiger partial charge is 0.268 e. The molecule has 0 spiro atoms. The summed E-state index contributed by atoms with van der Waals surface area (Å²) in [6, 6.07) is 35.2. The topological polar surface area (TPSA) is 35.9 Å². The van der Waals surface area contributed by atoms with E-state index in [0.29, 0.717) is 39.3 Å². The second-order valence-corrected chi connectivity index (χ2v) is 23.7. The van der Waals surface area contributed by atoms with Crippen LogP contribution in [0.15, 0.2) is 230 Å². The summed E-state index contributed by atoms with van der Waals surface area (Å²) >= 11 is 0. The van der Waals surface area contributed by atoms with E-state index in [2.05, 4.69) is 55.9 Å². The number of aromatic nitrogens is 4. The van der Waals surface area contributed by atoms with Crippen LogP contribution in [-0.4, -0.2) is 22.2 Å². The first kappa shape index (κ1) is 34.6. The Balaban J connectivity index is 0.00000833. The minimum absolute atomic E-state index is 0. The van der Waals surface area contributed by atoms with Crippen LogP contribution in [-0.2, 0) is 31.9 Å². The monoisotopic (exact) mass is 1180 g/mol. The van der Waals surface area contributed by atoms with Crippen molar-refractivity contribution in [1.29, 1.82) is 0 Å². The number of ether oxygens (including phenoxy) is 1. The van der Waals surface area contributed by atoms with Gasteiger partial charge in [-0.2, -0.15) is 18.2 Å². The van der Waals surface area contributed by atoms with Gasteiger partial charge in [-0.15, -0.1) is 29.7 Å². The van der Waals surface area contributed by atoms with Crippen LogP contribution >= 0.6 is 0 Å². The third kappa shape index (κ3) is 8.86. The van der Waals surface area contributed by atoms with Gasteiger partial charge in [-0.1, -0.05) is 223 Å². The molecule has 0 unspecified atom stereocenters. The molecular weight excluding hydrogens is 1110 g/mol. The van der Waals surface area contributed by atoms with E-state index in [9.17, 15) is 16.4 Å². The SMILES string of the molecule is [2H]c1c([2H])c([2H])c([Si](c2cccc(-c3cccc(C(C)(C)C)c3)c2-[n+]2[c-]n(-c3[c-]c(Oc4[c-]c5c(cc4)c4ccccc4n5-c4cc(C(C)(C)C)ccn4)ccc3)c3ccccc32)(c2c([2H])c([2H])c([2H])c([2H])c2[2H])c2c([2H])c([2H])c([2H])c([2H])c2[2H])c([2H])c1[2H].[Pt]. The van der Waals surface area contributed by atoms with Crippen molar-refractivity contribution in [1.82, 2.24) is 14.1 Å². The maximum absolute atomic E-state index is 9.92. The third-order valence-electron chi connectivity index (χ3n) is 13.5. The van der Waals surface area contributed by atoms with E-state index in [1.165, 1.54) is 6.07 Å². The Morgan fingerprint density at radius 1 is 0.560 bits per heavy atom. The number of benzene rings is 9. The summed E-state index contributed by atoms with van der Waals surface area (Å²) in [4.78, 5) is 4.83. The van der Waals surface area contributed by atoms with Gasteiger partial charge in [0.15, 0.2) is 8.07 Å². The number of imidazole rings is 1. The van der Waals surface area contributed by atoms with Crippen LogP contribution in [0.3, 0.4) is 0 Å². The molecule has 0 aliphatic carbocycles. The molecule has 0 saturated carbocycles. The average Bonchev–Trinajstić information content (AvgIpc) is 0.856. The van der Waals surface area contributed by atoms with Crippen LogP contribution in [0.5, 0.6) is 11.5 Å². The van der Waals surface area contributed by atoms with Gasteiger partial charge in [-0.25, -0.2) is 4.98 Å². The maximum atomic E-state index is 9.92. The number of hydrogen-bond acceptors (Lipinski definition) is 2. The summed E-state index contributed by atoms with van der Waals surface area (Å²) in [7, 11) is -5.73. The zero-order chi connectivity index (χ0) is 63.7.